The van der Waals surface area contributed by atoms with Crippen molar-refractivity contribution in [2.45, 2.75) is 51.7 Å². The van der Waals surface area contributed by atoms with Crippen molar-refractivity contribution >= 4 is 17.7 Å². The lowest BCUT2D eigenvalue weighted by atomic mass is 10.0. The summed E-state index contributed by atoms with van der Waals surface area (Å²) in [4.78, 5) is 27.1. The van der Waals surface area contributed by atoms with Gasteiger partial charge in [-0.25, -0.2) is 4.79 Å². The average Bonchev–Trinajstić information content (AvgIpc) is 3.11. The van der Waals surface area contributed by atoms with Crippen molar-refractivity contribution in [1.82, 2.24) is 4.90 Å². The molecule has 0 radical (unpaired) electrons. The molecular weight excluding hydrogens is 408 g/mol. The predicted molar refractivity (Wildman–Crippen MR) is 121 cm³/mol. The highest BCUT2D eigenvalue weighted by molar-refractivity contribution is 5.95. The van der Waals surface area contributed by atoms with Crippen LogP contribution in [0, 0.1) is 0 Å². The molecule has 32 heavy (non-hydrogen) atoms. The molecule has 2 aromatic rings. The highest BCUT2D eigenvalue weighted by Gasteiger charge is 2.31. The van der Waals surface area contributed by atoms with E-state index in [1.165, 1.54) is 0 Å². The summed E-state index contributed by atoms with van der Waals surface area (Å²) in [5.74, 6) is 1.48. The van der Waals surface area contributed by atoms with Gasteiger partial charge in [-0.2, -0.15) is 0 Å². The van der Waals surface area contributed by atoms with Crippen LogP contribution in [0.15, 0.2) is 42.5 Å². The molecule has 7 heteroatoms. The SMILES string of the molecule is CC(C)(C)OC(=O)Nc1ccc(C(=O)N2CCCC2c2ccc3c(c2)OCCCO3)cc1. The van der Waals surface area contributed by atoms with E-state index in [0.29, 0.717) is 31.0 Å². The first-order chi connectivity index (χ1) is 15.3. The number of nitrogens with one attached hydrogen (secondary N) is 1. The number of hydrogen-bond donors (Lipinski definition) is 1. The quantitative estimate of drug-likeness (QED) is 0.715. The second kappa shape index (κ2) is 9.10. The third kappa shape index (κ3) is 5.15. The molecule has 1 saturated heterocycles. The van der Waals surface area contributed by atoms with Gasteiger partial charge in [0, 0.05) is 24.2 Å². The molecule has 2 aliphatic heterocycles. The third-order valence-corrected chi connectivity index (χ3v) is 5.45. The van der Waals surface area contributed by atoms with Gasteiger partial charge in [0.1, 0.15) is 5.60 Å². The van der Waals surface area contributed by atoms with E-state index in [4.69, 9.17) is 14.2 Å². The zero-order valence-electron chi connectivity index (χ0n) is 18.8. The maximum atomic E-state index is 13.3. The fourth-order valence-electron chi connectivity index (χ4n) is 4.03. The molecule has 2 amide bonds. The van der Waals surface area contributed by atoms with E-state index in [9.17, 15) is 9.59 Å². The van der Waals surface area contributed by atoms with E-state index in [1.807, 2.05) is 43.9 Å². The normalized spacial score (nSPS) is 18.1. The summed E-state index contributed by atoms with van der Waals surface area (Å²) in [6.45, 7) is 7.42. The molecule has 170 valence electrons. The summed E-state index contributed by atoms with van der Waals surface area (Å²) in [6.07, 6.45) is 2.19. The molecule has 7 nitrogen and oxygen atoms in total. The van der Waals surface area contributed by atoms with Gasteiger partial charge in [0.25, 0.3) is 5.91 Å². The van der Waals surface area contributed by atoms with Crippen molar-refractivity contribution in [2.75, 3.05) is 25.1 Å². The molecule has 0 spiro atoms. The van der Waals surface area contributed by atoms with Crippen molar-refractivity contribution in [3.63, 3.8) is 0 Å². The number of carbonyl (C=O) groups excluding carboxylic acids is 2. The van der Waals surface area contributed by atoms with Crippen LogP contribution in [0.4, 0.5) is 10.5 Å². The number of anilines is 1. The molecule has 0 saturated carbocycles. The van der Waals surface area contributed by atoms with Crippen molar-refractivity contribution in [3.05, 3.63) is 53.6 Å². The van der Waals surface area contributed by atoms with Crippen LogP contribution >= 0.6 is 0 Å². The van der Waals surface area contributed by atoms with Crippen molar-refractivity contribution < 1.29 is 23.8 Å². The standard InChI is InChI=1S/C25H30N2O5/c1-25(2,3)32-24(29)26-19-10-7-17(8-11-19)23(28)27-13-4-6-20(27)18-9-12-21-22(16-18)31-15-5-14-30-21/h7-12,16,20H,4-6,13-15H2,1-3H3,(H,26,29). The highest BCUT2D eigenvalue weighted by Crippen LogP contribution is 2.38. The third-order valence-electron chi connectivity index (χ3n) is 5.45. The Kier molecular flexibility index (Phi) is 6.26. The number of nitrogens with zero attached hydrogens (tertiary/aromatic N) is 1. The van der Waals surface area contributed by atoms with Crippen molar-refractivity contribution in [1.29, 1.82) is 0 Å². The molecule has 2 aliphatic rings. The van der Waals surface area contributed by atoms with E-state index >= 15 is 0 Å². The van der Waals surface area contributed by atoms with Gasteiger partial charge < -0.3 is 19.1 Å². The van der Waals surface area contributed by atoms with E-state index in [1.54, 1.807) is 24.3 Å². The molecule has 1 unspecified atom stereocenters. The summed E-state index contributed by atoms with van der Waals surface area (Å²) in [5.41, 5.74) is 1.65. The molecule has 2 heterocycles. The smallest absolute Gasteiger partial charge is 0.412 e. The number of benzene rings is 2. The Morgan fingerprint density at radius 2 is 1.72 bits per heavy atom. The van der Waals surface area contributed by atoms with Crippen molar-refractivity contribution in [3.8, 4) is 11.5 Å². The van der Waals surface area contributed by atoms with Gasteiger partial charge in [0.15, 0.2) is 11.5 Å². The largest absolute Gasteiger partial charge is 0.490 e. The molecular formula is C25H30N2O5. The summed E-state index contributed by atoms with van der Waals surface area (Å²) < 4.78 is 16.8. The Labute approximate surface area is 188 Å². The topological polar surface area (TPSA) is 77.1 Å². The first-order valence-corrected chi connectivity index (χ1v) is 11.1. The van der Waals surface area contributed by atoms with Gasteiger partial charge in [-0.3, -0.25) is 10.1 Å². The Morgan fingerprint density at radius 1 is 1.00 bits per heavy atom. The fraction of sp³-hybridized carbons (Fsp3) is 0.440. The molecule has 2 aromatic carbocycles. The zero-order chi connectivity index (χ0) is 22.7. The Bertz CT molecular complexity index is 981. The summed E-state index contributed by atoms with van der Waals surface area (Å²) in [6, 6.07) is 12.9. The molecule has 1 fully saturated rings. The second-order valence-corrected chi connectivity index (χ2v) is 9.12. The highest BCUT2D eigenvalue weighted by atomic mass is 16.6. The number of ether oxygens (including phenoxy) is 3. The van der Waals surface area contributed by atoms with Gasteiger partial charge in [0.2, 0.25) is 0 Å². The molecule has 0 aromatic heterocycles. The second-order valence-electron chi connectivity index (χ2n) is 9.12. The molecule has 4 rings (SSSR count). The number of likely N-dealkylation sites (tertiary alicyclic amines) is 1. The fourth-order valence-corrected chi connectivity index (χ4v) is 4.03. The molecule has 1 atom stereocenters. The molecule has 0 aliphatic carbocycles. The van der Waals surface area contributed by atoms with Crippen LogP contribution in [0.1, 0.15) is 62.0 Å². The lowest BCUT2D eigenvalue weighted by Crippen LogP contribution is -2.30. The lowest BCUT2D eigenvalue weighted by Gasteiger charge is -2.26. The summed E-state index contributed by atoms with van der Waals surface area (Å²) in [5, 5.41) is 2.69. The van der Waals surface area contributed by atoms with Crippen LogP contribution in [-0.2, 0) is 4.74 Å². The lowest BCUT2D eigenvalue weighted by molar-refractivity contribution is 0.0635. The number of rotatable bonds is 3. The van der Waals surface area contributed by atoms with Crippen LogP contribution in [0.3, 0.4) is 0 Å². The number of fused-ring (bicyclic) bond motifs is 1. The van der Waals surface area contributed by atoms with Gasteiger partial charge in [-0.1, -0.05) is 6.07 Å². The predicted octanol–water partition coefficient (Wildman–Crippen LogP) is 5.17. The Morgan fingerprint density at radius 3 is 2.44 bits per heavy atom. The Balaban J connectivity index is 1.46. The first kappa shape index (κ1) is 22.0. The van der Waals surface area contributed by atoms with Gasteiger partial charge >= 0.3 is 6.09 Å². The zero-order valence-corrected chi connectivity index (χ0v) is 18.8. The minimum absolute atomic E-state index is 0.000724. The Hall–Kier alpha value is -3.22. The maximum Gasteiger partial charge on any atom is 0.412 e. The van der Waals surface area contributed by atoms with Crippen LogP contribution < -0.4 is 14.8 Å². The van der Waals surface area contributed by atoms with Crippen LogP contribution in [0.2, 0.25) is 0 Å². The number of hydrogen-bond acceptors (Lipinski definition) is 5. The van der Waals surface area contributed by atoms with E-state index in [2.05, 4.69) is 5.32 Å². The first-order valence-electron chi connectivity index (χ1n) is 11.1. The monoisotopic (exact) mass is 438 g/mol. The van der Waals surface area contributed by atoms with E-state index in [0.717, 1.165) is 36.3 Å². The van der Waals surface area contributed by atoms with Crippen LogP contribution in [0.25, 0.3) is 0 Å². The molecule has 0 bridgehead atoms. The van der Waals surface area contributed by atoms with Crippen LogP contribution in [0.5, 0.6) is 11.5 Å². The van der Waals surface area contributed by atoms with Gasteiger partial charge in [-0.05, 0) is 75.6 Å². The number of carbonyl (C=O) groups is 2. The van der Waals surface area contributed by atoms with Gasteiger partial charge in [-0.15, -0.1) is 0 Å². The maximum absolute atomic E-state index is 13.3. The van der Waals surface area contributed by atoms with E-state index < -0.39 is 11.7 Å². The van der Waals surface area contributed by atoms with Gasteiger partial charge in [0.05, 0.1) is 19.3 Å². The van der Waals surface area contributed by atoms with Crippen molar-refractivity contribution in [2.24, 2.45) is 0 Å². The minimum Gasteiger partial charge on any atom is -0.490 e. The summed E-state index contributed by atoms with van der Waals surface area (Å²) in [7, 11) is 0. The average molecular weight is 439 g/mol. The summed E-state index contributed by atoms with van der Waals surface area (Å²) >= 11 is 0. The van der Waals surface area contributed by atoms with E-state index in [-0.39, 0.29) is 11.9 Å². The minimum atomic E-state index is -0.572. The number of amides is 2. The van der Waals surface area contributed by atoms with Crippen LogP contribution in [-0.4, -0.2) is 42.3 Å². The molecule has 1 N–H and O–H groups in total.